The summed E-state index contributed by atoms with van der Waals surface area (Å²) in [6.07, 6.45) is 0.555. The molecule has 0 aliphatic rings. The molecule has 1 amide bonds. The van der Waals surface area contributed by atoms with Gasteiger partial charge in [0.1, 0.15) is 11.5 Å². The largest absolute Gasteiger partial charge is 0.513 e. The van der Waals surface area contributed by atoms with E-state index in [0.717, 1.165) is 0 Å². The summed E-state index contributed by atoms with van der Waals surface area (Å²) >= 11 is 0. The first kappa shape index (κ1) is 20.6. The van der Waals surface area contributed by atoms with E-state index in [9.17, 15) is 9.59 Å². The first-order chi connectivity index (χ1) is 13.5. The van der Waals surface area contributed by atoms with E-state index in [1.165, 1.54) is 26.5 Å². The molecule has 0 unspecified atom stereocenters. The van der Waals surface area contributed by atoms with Crippen molar-refractivity contribution in [2.24, 2.45) is 5.10 Å². The molecular formula is C19H20N2O7. The fourth-order valence-electron chi connectivity index (χ4n) is 2.01. The third kappa shape index (κ3) is 6.20. The molecule has 2 aromatic rings. The van der Waals surface area contributed by atoms with Crippen molar-refractivity contribution in [3.05, 3.63) is 48.0 Å². The molecule has 2 aromatic carbocycles. The Kier molecular flexibility index (Phi) is 7.64. The van der Waals surface area contributed by atoms with E-state index >= 15 is 0 Å². The molecule has 0 aromatic heterocycles. The average molecular weight is 388 g/mol. The number of carbonyl (C=O) groups is 2. The van der Waals surface area contributed by atoms with Crippen LogP contribution in [0.25, 0.3) is 0 Å². The Bertz CT molecular complexity index is 835. The lowest BCUT2D eigenvalue weighted by molar-refractivity contribution is -0.123. The Balaban J connectivity index is 1.87. The number of carbonyl (C=O) groups excluding carboxylic acids is 2. The highest BCUT2D eigenvalue weighted by Crippen LogP contribution is 2.27. The molecule has 0 aliphatic heterocycles. The minimum Gasteiger partial charge on any atom is -0.497 e. The van der Waals surface area contributed by atoms with Crippen LogP contribution in [0.3, 0.4) is 0 Å². The van der Waals surface area contributed by atoms with Crippen molar-refractivity contribution in [1.29, 1.82) is 0 Å². The van der Waals surface area contributed by atoms with Gasteiger partial charge in [-0.1, -0.05) is 0 Å². The Morgan fingerprint density at radius 2 is 1.68 bits per heavy atom. The zero-order chi connectivity index (χ0) is 20.4. The Hall–Kier alpha value is -3.75. The molecule has 9 nitrogen and oxygen atoms in total. The van der Waals surface area contributed by atoms with E-state index in [4.69, 9.17) is 18.9 Å². The van der Waals surface area contributed by atoms with Crippen LogP contribution >= 0.6 is 0 Å². The molecule has 0 radical (unpaired) electrons. The van der Waals surface area contributed by atoms with Crippen LogP contribution in [0.5, 0.6) is 23.0 Å². The standard InChI is InChI=1S/C19H20N2O7/c1-24-14-5-7-15(8-6-14)27-12-18(22)21-20-11-13-4-9-16(17(10-13)25-2)28-19(23)26-3/h4-11H,12H2,1-3H3,(H,21,22). The molecule has 9 heteroatoms. The van der Waals surface area contributed by atoms with E-state index in [0.29, 0.717) is 22.8 Å². The van der Waals surface area contributed by atoms with Crippen molar-refractivity contribution in [1.82, 2.24) is 5.43 Å². The summed E-state index contributed by atoms with van der Waals surface area (Å²) in [5.74, 6) is 1.31. The molecule has 1 N–H and O–H groups in total. The van der Waals surface area contributed by atoms with Crippen LogP contribution < -0.4 is 24.4 Å². The second kappa shape index (κ2) is 10.4. The van der Waals surface area contributed by atoms with E-state index in [2.05, 4.69) is 15.3 Å². The lowest BCUT2D eigenvalue weighted by Crippen LogP contribution is -2.24. The second-order valence-corrected chi connectivity index (χ2v) is 5.22. The fraction of sp³-hybridized carbons (Fsp3) is 0.211. The first-order valence-electron chi connectivity index (χ1n) is 8.08. The maximum Gasteiger partial charge on any atom is 0.513 e. The summed E-state index contributed by atoms with van der Waals surface area (Å²) in [7, 11) is 4.20. The second-order valence-electron chi connectivity index (χ2n) is 5.22. The van der Waals surface area contributed by atoms with E-state index in [-0.39, 0.29) is 12.4 Å². The van der Waals surface area contributed by atoms with Crippen LogP contribution in [0.15, 0.2) is 47.6 Å². The third-order valence-corrected chi connectivity index (χ3v) is 3.38. The van der Waals surface area contributed by atoms with Crippen LogP contribution in [0.1, 0.15) is 5.56 Å². The highest BCUT2D eigenvalue weighted by atomic mass is 16.7. The minimum atomic E-state index is -0.858. The van der Waals surface area contributed by atoms with Crippen LogP contribution in [-0.2, 0) is 9.53 Å². The molecule has 2 rings (SSSR count). The van der Waals surface area contributed by atoms with Crippen molar-refractivity contribution in [2.45, 2.75) is 0 Å². The lowest BCUT2D eigenvalue weighted by atomic mass is 10.2. The van der Waals surface area contributed by atoms with Gasteiger partial charge in [0.05, 0.1) is 27.5 Å². The van der Waals surface area contributed by atoms with Gasteiger partial charge in [-0.3, -0.25) is 4.79 Å². The van der Waals surface area contributed by atoms with E-state index < -0.39 is 12.1 Å². The van der Waals surface area contributed by atoms with Gasteiger partial charge in [-0.25, -0.2) is 10.2 Å². The maximum absolute atomic E-state index is 11.8. The molecule has 0 spiro atoms. The van der Waals surface area contributed by atoms with Crippen molar-refractivity contribution in [3.63, 3.8) is 0 Å². The van der Waals surface area contributed by atoms with Gasteiger partial charge in [-0.05, 0) is 48.0 Å². The molecule has 0 saturated heterocycles. The van der Waals surface area contributed by atoms with Gasteiger partial charge in [0.2, 0.25) is 0 Å². The number of nitrogens with zero attached hydrogens (tertiary/aromatic N) is 1. The predicted molar refractivity (Wildman–Crippen MR) is 100 cm³/mol. The molecule has 0 heterocycles. The summed E-state index contributed by atoms with van der Waals surface area (Å²) in [5.41, 5.74) is 2.97. The van der Waals surface area contributed by atoms with Crippen LogP contribution in [0.4, 0.5) is 4.79 Å². The molecule has 0 saturated carbocycles. The zero-order valence-corrected chi connectivity index (χ0v) is 15.6. The maximum atomic E-state index is 11.8. The number of methoxy groups -OCH3 is 3. The quantitative estimate of drug-likeness (QED) is 0.320. The van der Waals surface area contributed by atoms with Crippen molar-refractivity contribution in [3.8, 4) is 23.0 Å². The van der Waals surface area contributed by atoms with Crippen LogP contribution in [0, 0.1) is 0 Å². The molecule has 0 fully saturated rings. The van der Waals surface area contributed by atoms with E-state index in [1.807, 2.05) is 0 Å². The first-order valence-corrected chi connectivity index (χ1v) is 8.08. The molecule has 0 atom stereocenters. The number of hydrazone groups is 1. The predicted octanol–water partition coefficient (Wildman–Crippen LogP) is 2.38. The molecule has 0 bridgehead atoms. The van der Waals surface area contributed by atoms with Crippen molar-refractivity contribution in [2.75, 3.05) is 27.9 Å². The zero-order valence-electron chi connectivity index (χ0n) is 15.6. The van der Waals surface area contributed by atoms with Crippen molar-refractivity contribution < 1.29 is 33.3 Å². The number of nitrogens with one attached hydrogen (secondary N) is 1. The highest BCUT2D eigenvalue weighted by Gasteiger charge is 2.10. The van der Waals surface area contributed by atoms with Gasteiger partial charge in [0, 0.05) is 0 Å². The number of hydrogen-bond donors (Lipinski definition) is 1. The molecular weight excluding hydrogens is 368 g/mol. The van der Waals surface area contributed by atoms with E-state index in [1.54, 1.807) is 43.5 Å². The van der Waals surface area contributed by atoms with Crippen molar-refractivity contribution >= 4 is 18.3 Å². The molecule has 0 aliphatic carbocycles. The van der Waals surface area contributed by atoms with Crippen LogP contribution in [0.2, 0.25) is 0 Å². The van der Waals surface area contributed by atoms with Gasteiger partial charge in [0.15, 0.2) is 18.1 Å². The summed E-state index contributed by atoms with van der Waals surface area (Å²) in [4.78, 5) is 23.0. The normalized spacial score (nSPS) is 10.2. The Morgan fingerprint density at radius 1 is 0.964 bits per heavy atom. The van der Waals surface area contributed by atoms with Gasteiger partial charge >= 0.3 is 6.16 Å². The fourth-order valence-corrected chi connectivity index (χ4v) is 2.01. The SMILES string of the molecule is COC(=O)Oc1ccc(C=NNC(=O)COc2ccc(OC)cc2)cc1OC. The summed E-state index contributed by atoms with van der Waals surface area (Å²) < 4.78 is 24.9. The summed E-state index contributed by atoms with van der Waals surface area (Å²) in [6.45, 7) is -0.196. The third-order valence-electron chi connectivity index (χ3n) is 3.38. The van der Waals surface area contributed by atoms with Gasteiger partial charge in [-0.2, -0.15) is 5.10 Å². The summed E-state index contributed by atoms with van der Waals surface area (Å²) in [6, 6.07) is 11.6. The molecule has 28 heavy (non-hydrogen) atoms. The Labute approximate surface area is 161 Å². The topological polar surface area (TPSA) is 105 Å². The smallest absolute Gasteiger partial charge is 0.497 e. The Morgan fingerprint density at radius 3 is 2.32 bits per heavy atom. The highest BCUT2D eigenvalue weighted by molar-refractivity contribution is 5.84. The minimum absolute atomic E-state index is 0.196. The lowest BCUT2D eigenvalue weighted by Gasteiger charge is -2.08. The summed E-state index contributed by atoms with van der Waals surface area (Å²) in [5, 5.41) is 3.85. The van der Waals surface area contributed by atoms with Gasteiger partial charge < -0.3 is 23.7 Å². The monoisotopic (exact) mass is 388 g/mol. The van der Waals surface area contributed by atoms with Gasteiger partial charge in [-0.15, -0.1) is 0 Å². The number of benzene rings is 2. The number of ether oxygens (including phenoxy) is 5. The average Bonchev–Trinajstić information content (AvgIpc) is 2.73. The number of hydrogen-bond acceptors (Lipinski definition) is 8. The molecule has 148 valence electrons. The number of rotatable bonds is 8. The van der Waals surface area contributed by atoms with Crippen LogP contribution in [-0.4, -0.2) is 46.2 Å². The number of amides is 1. The van der Waals surface area contributed by atoms with Gasteiger partial charge in [0.25, 0.3) is 5.91 Å².